The summed E-state index contributed by atoms with van der Waals surface area (Å²) in [5, 5.41) is 9.75. The molecule has 2 amide bonds. The minimum atomic E-state index is -3.83. The third-order valence-corrected chi connectivity index (χ3v) is 8.87. The summed E-state index contributed by atoms with van der Waals surface area (Å²) in [5.74, 6) is 0.301. The molecule has 0 bridgehead atoms. The summed E-state index contributed by atoms with van der Waals surface area (Å²) in [6, 6.07) is 10.1. The first-order valence-electron chi connectivity index (χ1n) is 11.2. The lowest BCUT2D eigenvalue weighted by molar-refractivity contribution is -0.130. The predicted molar refractivity (Wildman–Crippen MR) is 139 cm³/mol. The van der Waals surface area contributed by atoms with Gasteiger partial charge in [0.15, 0.2) is 0 Å². The number of carbonyl (C=O) groups excluding carboxylic acids is 1. The lowest BCUT2D eigenvalue weighted by Crippen LogP contribution is -2.33. The topological polar surface area (TPSA) is 111 Å². The van der Waals surface area contributed by atoms with Crippen LogP contribution in [0.25, 0.3) is 0 Å². The molecular formula is C24H28Cl2N4O5S. The molecule has 194 valence electrons. The van der Waals surface area contributed by atoms with Crippen LogP contribution in [-0.4, -0.2) is 79.2 Å². The summed E-state index contributed by atoms with van der Waals surface area (Å²) in [6.07, 6.45) is -0.524. The summed E-state index contributed by atoms with van der Waals surface area (Å²) in [4.78, 5) is 31.0. The number of carboxylic acid groups (broad SMARTS) is 1. The quantitative estimate of drug-likeness (QED) is 0.501. The second-order valence-electron chi connectivity index (χ2n) is 8.50. The number of amides is 2. The van der Waals surface area contributed by atoms with Crippen molar-refractivity contribution in [1.82, 2.24) is 14.1 Å². The maximum atomic E-state index is 12.9. The van der Waals surface area contributed by atoms with Crippen molar-refractivity contribution in [3.8, 4) is 0 Å². The van der Waals surface area contributed by atoms with E-state index in [4.69, 9.17) is 23.2 Å². The van der Waals surface area contributed by atoms with Crippen molar-refractivity contribution in [1.29, 1.82) is 0 Å². The van der Waals surface area contributed by atoms with Gasteiger partial charge in [-0.2, -0.15) is 0 Å². The van der Waals surface area contributed by atoms with Gasteiger partial charge in [0.1, 0.15) is 10.7 Å². The van der Waals surface area contributed by atoms with Crippen LogP contribution in [0.1, 0.15) is 29.5 Å². The summed E-state index contributed by atoms with van der Waals surface area (Å²) in [6.45, 7) is 2.94. The highest BCUT2D eigenvalue weighted by molar-refractivity contribution is 7.89. The van der Waals surface area contributed by atoms with Crippen molar-refractivity contribution in [3.63, 3.8) is 0 Å². The van der Waals surface area contributed by atoms with E-state index in [0.717, 1.165) is 5.56 Å². The van der Waals surface area contributed by atoms with Gasteiger partial charge >= 0.3 is 6.09 Å². The molecule has 2 aromatic carbocycles. The standard InChI is InChI=1S/C24H28Cl2N4O5S/c1-16-19(25)10-11-20(22(16)26)36(34,35)29(3)13-4-5-21(31)28(2)15-17-6-8-18(9-7-17)23-27-12-14-30(23)24(32)33/h6-11H,4-5,12-15H2,1-3H3,(H,32,33). The van der Waals surface area contributed by atoms with Gasteiger partial charge in [0.25, 0.3) is 0 Å². The maximum absolute atomic E-state index is 12.9. The van der Waals surface area contributed by atoms with Gasteiger partial charge in [0, 0.05) is 44.2 Å². The third-order valence-electron chi connectivity index (χ3n) is 5.97. The van der Waals surface area contributed by atoms with Crippen molar-refractivity contribution in [2.24, 2.45) is 4.99 Å². The fourth-order valence-electron chi connectivity index (χ4n) is 3.77. The zero-order valence-corrected chi connectivity index (χ0v) is 22.6. The van der Waals surface area contributed by atoms with E-state index in [1.165, 1.54) is 28.4 Å². The molecule has 0 aromatic heterocycles. The zero-order valence-electron chi connectivity index (χ0n) is 20.2. The summed E-state index contributed by atoms with van der Waals surface area (Å²) in [5.41, 5.74) is 2.07. The van der Waals surface area contributed by atoms with Gasteiger partial charge in [0.2, 0.25) is 15.9 Å². The van der Waals surface area contributed by atoms with Gasteiger partial charge < -0.3 is 10.0 Å². The van der Waals surface area contributed by atoms with Crippen LogP contribution >= 0.6 is 23.2 Å². The van der Waals surface area contributed by atoms with E-state index in [9.17, 15) is 23.1 Å². The number of hydrogen-bond acceptors (Lipinski definition) is 5. The van der Waals surface area contributed by atoms with E-state index in [1.54, 1.807) is 31.0 Å². The van der Waals surface area contributed by atoms with E-state index >= 15 is 0 Å². The number of aliphatic imine (C=N–C) groups is 1. The van der Waals surface area contributed by atoms with Crippen LogP contribution in [0.5, 0.6) is 0 Å². The van der Waals surface area contributed by atoms with Gasteiger partial charge in [0.05, 0.1) is 18.1 Å². The zero-order chi connectivity index (χ0) is 26.6. The Balaban J connectivity index is 1.53. The van der Waals surface area contributed by atoms with Gasteiger partial charge in [-0.05, 0) is 36.6 Å². The molecule has 0 unspecified atom stereocenters. The largest absolute Gasteiger partial charge is 0.465 e. The highest BCUT2D eigenvalue weighted by Crippen LogP contribution is 2.31. The number of benzene rings is 2. The molecule has 0 radical (unpaired) electrons. The molecule has 1 aliphatic rings. The first kappa shape index (κ1) is 27.9. The van der Waals surface area contributed by atoms with Gasteiger partial charge in [-0.1, -0.05) is 47.5 Å². The van der Waals surface area contributed by atoms with Crippen LogP contribution in [0.4, 0.5) is 4.79 Å². The number of sulfonamides is 1. The van der Waals surface area contributed by atoms with Crippen LogP contribution in [0, 0.1) is 6.92 Å². The Labute approximate surface area is 221 Å². The fraction of sp³-hybridized carbons (Fsp3) is 0.375. The van der Waals surface area contributed by atoms with E-state index in [0.29, 0.717) is 48.0 Å². The van der Waals surface area contributed by atoms with E-state index in [-0.39, 0.29) is 28.8 Å². The average Bonchev–Trinajstić information content (AvgIpc) is 3.33. The van der Waals surface area contributed by atoms with Crippen LogP contribution < -0.4 is 0 Å². The molecule has 1 heterocycles. The van der Waals surface area contributed by atoms with Gasteiger partial charge in [-0.15, -0.1) is 0 Å². The van der Waals surface area contributed by atoms with E-state index < -0.39 is 16.1 Å². The Bertz CT molecular complexity index is 1280. The molecule has 3 rings (SSSR count). The molecule has 0 saturated heterocycles. The second kappa shape index (κ2) is 11.6. The first-order valence-corrected chi connectivity index (χ1v) is 13.4. The van der Waals surface area contributed by atoms with E-state index in [1.807, 2.05) is 12.1 Å². The molecule has 36 heavy (non-hydrogen) atoms. The number of rotatable bonds is 9. The number of nitrogens with zero attached hydrogens (tertiary/aromatic N) is 4. The minimum absolute atomic E-state index is 0.0181. The Morgan fingerprint density at radius 2 is 1.78 bits per heavy atom. The van der Waals surface area contributed by atoms with E-state index in [2.05, 4.69) is 4.99 Å². The van der Waals surface area contributed by atoms with Crippen LogP contribution in [0.15, 0.2) is 46.3 Å². The lowest BCUT2D eigenvalue weighted by Gasteiger charge is -2.21. The Morgan fingerprint density at radius 3 is 2.42 bits per heavy atom. The molecule has 12 heteroatoms. The number of amidine groups is 1. The van der Waals surface area contributed by atoms with Gasteiger partial charge in [-0.25, -0.2) is 17.5 Å². The average molecular weight is 555 g/mol. The predicted octanol–water partition coefficient (Wildman–Crippen LogP) is 4.10. The molecule has 0 atom stereocenters. The monoisotopic (exact) mass is 554 g/mol. The molecule has 0 fully saturated rings. The van der Waals surface area contributed by atoms with Crippen molar-refractivity contribution < 1.29 is 23.1 Å². The lowest BCUT2D eigenvalue weighted by atomic mass is 10.1. The third kappa shape index (κ3) is 6.18. The second-order valence-corrected chi connectivity index (χ2v) is 11.3. The summed E-state index contributed by atoms with van der Waals surface area (Å²) >= 11 is 12.2. The number of hydrogen-bond donors (Lipinski definition) is 1. The number of halogens is 2. The molecule has 1 aliphatic heterocycles. The Morgan fingerprint density at radius 1 is 1.11 bits per heavy atom. The molecule has 0 aliphatic carbocycles. The maximum Gasteiger partial charge on any atom is 0.413 e. The van der Waals surface area contributed by atoms with Crippen molar-refractivity contribution >= 4 is 51.1 Å². The first-order chi connectivity index (χ1) is 16.9. The van der Waals surface area contributed by atoms with Crippen LogP contribution in [-0.2, 0) is 21.4 Å². The molecule has 0 saturated carbocycles. The van der Waals surface area contributed by atoms with Crippen LogP contribution in [0.2, 0.25) is 10.0 Å². The van der Waals surface area contributed by atoms with Crippen molar-refractivity contribution in [2.45, 2.75) is 31.2 Å². The normalized spacial score (nSPS) is 13.7. The fourth-order valence-corrected chi connectivity index (χ4v) is 5.76. The Kier molecular flexibility index (Phi) is 8.99. The minimum Gasteiger partial charge on any atom is -0.465 e. The van der Waals surface area contributed by atoms with Gasteiger partial charge in [-0.3, -0.25) is 14.7 Å². The molecule has 2 aromatic rings. The summed E-state index contributed by atoms with van der Waals surface area (Å²) < 4.78 is 27.0. The SMILES string of the molecule is Cc1c(Cl)ccc(S(=O)(=O)N(C)CCCC(=O)N(C)Cc2ccc(C3=NCCN3C(=O)O)cc2)c1Cl. The molecule has 0 spiro atoms. The van der Waals surface area contributed by atoms with Crippen molar-refractivity contribution in [3.05, 3.63) is 63.1 Å². The highest BCUT2D eigenvalue weighted by Gasteiger charge is 2.26. The summed E-state index contributed by atoms with van der Waals surface area (Å²) in [7, 11) is -0.698. The number of carbonyl (C=O) groups is 2. The highest BCUT2D eigenvalue weighted by atomic mass is 35.5. The van der Waals surface area contributed by atoms with Crippen molar-refractivity contribution in [2.75, 3.05) is 33.7 Å². The molecule has 1 N–H and O–H groups in total. The van der Waals surface area contributed by atoms with Crippen LogP contribution in [0.3, 0.4) is 0 Å². The smallest absolute Gasteiger partial charge is 0.413 e. The molecular weight excluding hydrogens is 527 g/mol. The molecule has 9 nitrogen and oxygen atoms in total. The Hall–Kier alpha value is -2.66.